The van der Waals surface area contributed by atoms with E-state index in [2.05, 4.69) is 13.8 Å². The van der Waals surface area contributed by atoms with Crippen LogP contribution in [0.4, 0.5) is 4.39 Å². The van der Waals surface area contributed by atoms with Crippen molar-refractivity contribution in [3.8, 4) is 5.69 Å². The molecule has 0 unspecified atom stereocenters. The molecule has 1 heterocycles. The van der Waals surface area contributed by atoms with Crippen LogP contribution in [0.15, 0.2) is 82.7 Å². The Kier molecular flexibility index (Phi) is 6.00. The molecule has 0 fully saturated rings. The van der Waals surface area contributed by atoms with Crippen molar-refractivity contribution in [3.05, 3.63) is 100 Å². The number of carbonyl (C=O) groups is 1. The highest BCUT2D eigenvalue weighted by Gasteiger charge is 2.18. The molecule has 31 heavy (non-hydrogen) atoms. The minimum atomic E-state index is -0.389. The van der Waals surface area contributed by atoms with Gasteiger partial charge in [0.25, 0.3) is 5.56 Å². The molecule has 0 aliphatic rings. The third-order valence-electron chi connectivity index (χ3n) is 5.04. The zero-order valence-electron chi connectivity index (χ0n) is 17.2. The second-order valence-electron chi connectivity index (χ2n) is 7.48. The Hall–Kier alpha value is -3.25. The summed E-state index contributed by atoms with van der Waals surface area (Å²) in [5.41, 5.74) is 2.62. The molecule has 0 amide bonds. The molecular weight excluding hydrogens is 411 g/mol. The van der Waals surface area contributed by atoms with Gasteiger partial charge in [-0.2, -0.15) is 0 Å². The van der Waals surface area contributed by atoms with Crippen LogP contribution < -0.4 is 5.56 Å². The molecule has 0 aliphatic heterocycles. The Balaban J connectivity index is 1.81. The number of aromatic nitrogens is 2. The Morgan fingerprint density at radius 1 is 1.00 bits per heavy atom. The fraction of sp³-hybridized carbons (Fsp3) is 0.160. The van der Waals surface area contributed by atoms with Gasteiger partial charge in [-0.25, -0.2) is 9.37 Å². The van der Waals surface area contributed by atoms with Gasteiger partial charge in [-0.15, -0.1) is 0 Å². The van der Waals surface area contributed by atoms with Gasteiger partial charge < -0.3 is 0 Å². The smallest absolute Gasteiger partial charge is 0.266 e. The Morgan fingerprint density at radius 2 is 1.68 bits per heavy atom. The third kappa shape index (κ3) is 4.30. The van der Waals surface area contributed by atoms with E-state index in [1.165, 1.54) is 36.0 Å². The van der Waals surface area contributed by atoms with E-state index in [4.69, 9.17) is 4.98 Å². The van der Waals surface area contributed by atoms with Crippen LogP contribution in [0.3, 0.4) is 0 Å². The predicted octanol–water partition coefficient (Wildman–Crippen LogP) is 5.62. The number of hydrogen-bond acceptors (Lipinski definition) is 4. The van der Waals surface area contributed by atoms with Crippen molar-refractivity contribution >= 4 is 28.4 Å². The monoisotopic (exact) mass is 432 g/mol. The lowest BCUT2D eigenvalue weighted by atomic mass is 10.0. The number of ketones is 1. The molecule has 0 aliphatic carbocycles. The fourth-order valence-electron chi connectivity index (χ4n) is 3.45. The molecule has 0 radical (unpaired) electrons. The molecule has 4 nitrogen and oxygen atoms in total. The summed E-state index contributed by atoms with van der Waals surface area (Å²) in [4.78, 5) is 30.8. The molecule has 0 bridgehead atoms. The fourth-order valence-corrected chi connectivity index (χ4v) is 4.35. The lowest BCUT2D eigenvalue weighted by molar-refractivity contribution is 0.102. The average Bonchev–Trinajstić information content (AvgIpc) is 2.78. The maximum atomic E-state index is 13.5. The molecule has 0 N–H and O–H groups in total. The van der Waals surface area contributed by atoms with Crippen LogP contribution in [0.5, 0.6) is 0 Å². The summed E-state index contributed by atoms with van der Waals surface area (Å²) in [6, 6.07) is 20.4. The quantitative estimate of drug-likeness (QED) is 0.225. The van der Waals surface area contributed by atoms with E-state index in [-0.39, 0.29) is 28.8 Å². The normalized spacial score (nSPS) is 11.2. The molecule has 0 saturated heterocycles. The SMILES string of the molecule is CC(C)c1ccccc1-n1c(SCC(=O)c2ccc(F)cc2)nc2ccccc2c1=O. The van der Waals surface area contributed by atoms with E-state index in [1.807, 2.05) is 36.4 Å². The standard InChI is InChI=1S/C25H21FN2O2S/c1-16(2)19-7-4-6-10-22(19)28-24(30)20-8-3-5-9-21(20)27-25(28)31-15-23(29)17-11-13-18(26)14-12-17/h3-14,16H,15H2,1-2H3. The number of fused-ring (bicyclic) bond motifs is 1. The molecule has 1 aromatic heterocycles. The van der Waals surface area contributed by atoms with Crippen molar-refractivity contribution < 1.29 is 9.18 Å². The summed E-state index contributed by atoms with van der Waals surface area (Å²) < 4.78 is 14.8. The lowest BCUT2D eigenvalue weighted by Gasteiger charge is -2.18. The number of Topliss-reactive ketones (excluding diaryl/α,β-unsaturated/α-hetero) is 1. The highest BCUT2D eigenvalue weighted by molar-refractivity contribution is 7.99. The van der Waals surface area contributed by atoms with Gasteiger partial charge in [0, 0.05) is 5.56 Å². The second-order valence-corrected chi connectivity index (χ2v) is 8.43. The second kappa shape index (κ2) is 8.86. The van der Waals surface area contributed by atoms with Gasteiger partial charge in [-0.1, -0.05) is 55.9 Å². The van der Waals surface area contributed by atoms with E-state index in [9.17, 15) is 14.0 Å². The van der Waals surface area contributed by atoms with E-state index < -0.39 is 0 Å². The molecule has 3 aromatic carbocycles. The molecular formula is C25H21FN2O2S. The summed E-state index contributed by atoms with van der Waals surface area (Å²) >= 11 is 1.21. The highest BCUT2D eigenvalue weighted by atomic mass is 32.2. The number of carbonyl (C=O) groups excluding carboxylic acids is 1. The largest absolute Gasteiger partial charge is 0.293 e. The van der Waals surface area contributed by atoms with Gasteiger partial charge >= 0.3 is 0 Å². The molecule has 4 rings (SSSR count). The minimum absolute atomic E-state index is 0.0836. The first-order chi connectivity index (χ1) is 15.0. The maximum Gasteiger partial charge on any atom is 0.266 e. The number of hydrogen-bond donors (Lipinski definition) is 0. The van der Waals surface area contributed by atoms with Crippen molar-refractivity contribution in [1.29, 1.82) is 0 Å². The van der Waals surface area contributed by atoms with Crippen LogP contribution in [0.25, 0.3) is 16.6 Å². The topological polar surface area (TPSA) is 52.0 Å². The molecule has 0 atom stereocenters. The van der Waals surface area contributed by atoms with Gasteiger partial charge in [0.05, 0.1) is 22.3 Å². The van der Waals surface area contributed by atoms with Gasteiger partial charge in [-0.05, 0) is 53.9 Å². The number of para-hydroxylation sites is 2. The highest BCUT2D eigenvalue weighted by Crippen LogP contribution is 2.27. The van der Waals surface area contributed by atoms with Crippen molar-refractivity contribution in [1.82, 2.24) is 9.55 Å². The van der Waals surface area contributed by atoms with E-state index in [0.29, 0.717) is 21.6 Å². The minimum Gasteiger partial charge on any atom is -0.293 e. The number of thioether (sulfide) groups is 1. The first-order valence-corrected chi connectivity index (χ1v) is 11.0. The van der Waals surface area contributed by atoms with Crippen LogP contribution in [0, 0.1) is 5.82 Å². The number of nitrogens with zero attached hydrogens (tertiary/aromatic N) is 2. The first kappa shape index (κ1) is 21.0. The van der Waals surface area contributed by atoms with Crippen molar-refractivity contribution in [2.75, 3.05) is 5.75 Å². The summed E-state index contributed by atoms with van der Waals surface area (Å²) in [5.74, 6) is -0.260. The van der Waals surface area contributed by atoms with Crippen LogP contribution >= 0.6 is 11.8 Å². The molecule has 4 aromatic rings. The summed E-state index contributed by atoms with van der Waals surface area (Å²) in [6.07, 6.45) is 0. The van der Waals surface area contributed by atoms with Gasteiger partial charge in [0.15, 0.2) is 10.9 Å². The zero-order chi connectivity index (χ0) is 22.0. The van der Waals surface area contributed by atoms with Gasteiger partial charge in [-0.3, -0.25) is 14.2 Å². The Labute approximate surface area is 183 Å². The average molecular weight is 433 g/mol. The van der Waals surface area contributed by atoms with Crippen molar-refractivity contribution in [3.63, 3.8) is 0 Å². The lowest BCUT2D eigenvalue weighted by Crippen LogP contribution is -2.23. The Morgan fingerprint density at radius 3 is 2.42 bits per heavy atom. The number of benzene rings is 3. The number of rotatable bonds is 6. The van der Waals surface area contributed by atoms with Crippen LogP contribution in [-0.4, -0.2) is 21.1 Å². The number of halogens is 1. The molecule has 0 saturated carbocycles. The van der Waals surface area contributed by atoms with Crippen molar-refractivity contribution in [2.45, 2.75) is 24.9 Å². The molecule has 0 spiro atoms. The summed E-state index contributed by atoms with van der Waals surface area (Å²) in [7, 11) is 0. The van der Waals surface area contributed by atoms with E-state index >= 15 is 0 Å². The van der Waals surface area contributed by atoms with Crippen LogP contribution in [-0.2, 0) is 0 Å². The predicted molar refractivity (Wildman–Crippen MR) is 123 cm³/mol. The van der Waals surface area contributed by atoms with Gasteiger partial charge in [0.1, 0.15) is 5.82 Å². The van der Waals surface area contributed by atoms with Crippen molar-refractivity contribution in [2.24, 2.45) is 0 Å². The summed E-state index contributed by atoms with van der Waals surface area (Å²) in [5, 5.41) is 0.975. The van der Waals surface area contributed by atoms with Gasteiger partial charge in [0.2, 0.25) is 0 Å². The van der Waals surface area contributed by atoms with E-state index in [1.54, 1.807) is 16.7 Å². The molecule has 6 heteroatoms. The van der Waals surface area contributed by atoms with E-state index in [0.717, 1.165) is 11.3 Å². The first-order valence-electron chi connectivity index (χ1n) is 9.98. The summed E-state index contributed by atoms with van der Waals surface area (Å²) in [6.45, 7) is 4.15. The van der Waals surface area contributed by atoms with Crippen LogP contribution in [0.1, 0.15) is 35.7 Å². The maximum absolute atomic E-state index is 13.5. The van der Waals surface area contributed by atoms with Crippen LogP contribution in [0.2, 0.25) is 0 Å². The third-order valence-corrected chi connectivity index (χ3v) is 5.98. The molecule has 156 valence electrons. The zero-order valence-corrected chi connectivity index (χ0v) is 18.0. The Bertz CT molecular complexity index is 1310.